The van der Waals surface area contributed by atoms with Gasteiger partial charge in [-0.3, -0.25) is 9.59 Å². The highest BCUT2D eigenvalue weighted by Crippen LogP contribution is 2.39. The molecule has 0 bridgehead atoms. The van der Waals surface area contributed by atoms with Crippen molar-refractivity contribution in [1.82, 2.24) is 10.3 Å². The van der Waals surface area contributed by atoms with Gasteiger partial charge in [-0.25, -0.2) is 0 Å². The third kappa shape index (κ3) is 5.48. The first-order valence-electron chi connectivity index (χ1n) is 11.3. The molecule has 2 N–H and O–H groups in total. The summed E-state index contributed by atoms with van der Waals surface area (Å²) in [5, 5.41) is 3.78. The standard InChI is InChI=1S/C26H33N3O4/c1-6-7-10-13-29(24-22(32-4)14-17(2)15-23(24)33-5)26(31)18(3)27-25(30)21-16-19-11-8-9-12-20(19)28-21/h8-9,11-12,14-16,18,28H,6-7,10,13H2,1-5H3,(H,27,30)/t18-/m1/s1. The van der Waals surface area contributed by atoms with Crippen molar-refractivity contribution in [2.75, 3.05) is 25.7 Å². The summed E-state index contributed by atoms with van der Waals surface area (Å²) in [6.07, 6.45) is 2.83. The molecule has 0 spiro atoms. The van der Waals surface area contributed by atoms with E-state index in [1.165, 1.54) is 0 Å². The summed E-state index contributed by atoms with van der Waals surface area (Å²) >= 11 is 0. The molecular weight excluding hydrogens is 418 g/mol. The summed E-state index contributed by atoms with van der Waals surface area (Å²) in [7, 11) is 3.15. The lowest BCUT2D eigenvalue weighted by Gasteiger charge is -2.29. The van der Waals surface area contributed by atoms with E-state index in [-0.39, 0.29) is 11.8 Å². The van der Waals surface area contributed by atoms with Crippen LogP contribution in [0.1, 0.15) is 49.2 Å². The maximum Gasteiger partial charge on any atom is 0.268 e. The van der Waals surface area contributed by atoms with Crippen molar-refractivity contribution < 1.29 is 19.1 Å². The number of ether oxygens (including phenoxy) is 2. The van der Waals surface area contributed by atoms with Crippen molar-refractivity contribution in [3.63, 3.8) is 0 Å². The highest BCUT2D eigenvalue weighted by atomic mass is 16.5. The number of fused-ring (bicyclic) bond motifs is 1. The first-order valence-corrected chi connectivity index (χ1v) is 11.3. The third-order valence-corrected chi connectivity index (χ3v) is 5.64. The summed E-state index contributed by atoms with van der Waals surface area (Å²) in [6.45, 7) is 6.25. The zero-order valence-corrected chi connectivity index (χ0v) is 20.0. The van der Waals surface area contributed by atoms with Crippen LogP contribution < -0.4 is 19.7 Å². The van der Waals surface area contributed by atoms with Crippen LogP contribution in [-0.2, 0) is 4.79 Å². The van der Waals surface area contributed by atoms with Gasteiger partial charge in [-0.05, 0) is 50.1 Å². The number of anilines is 1. The third-order valence-electron chi connectivity index (χ3n) is 5.64. The molecule has 0 aliphatic rings. The summed E-state index contributed by atoms with van der Waals surface area (Å²) in [5.74, 6) is 0.566. The van der Waals surface area contributed by atoms with Crippen LogP contribution in [0, 0.1) is 6.92 Å². The van der Waals surface area contributed by atoms with Gasteiger partial charge in [0.2, 0.25) is 5.91 Å². The van der Waals surface area contributed by atoms with E-state index >= 15 is 0 Å². The number of para-hydroxylation sites is 1. The fraction of sp³-hybridized carbons (Fsp3) is 0.385. The Bertz CT molecular complexity index is 1060. The van der Waals surface area contributed by atoms with Crippen molar-refractivity contribution in [1.29, 1.82) is 0 Å². The zero-order chi connectivity index (χ0) is 24.0. The number of nitrogens with one attached hydrogen (secondary N) is 2. The Balaban J connectivity index is 1.87. The molecule has 0 radical (unpaired) electrons. The highest BCUT2D eigenvalue weighted by molar-refractivity contribution is 6.04. The predicted octanol–water partition coefficient (Wildman–Crippen LogP) is 4.84. The summed E-state index contributed by atoms with van der Waals surface area (Å²) < 4.78 is 11.2. The number of nitrogens with zero attached hydrogens (tertiary/aromatic N) is 1. The normalized spacial score (nSPS) is 11.8. The molecule has 2 amide bonds. The lowest BCUT2D eigenvalue weighted by molar-refractivity contribution is -0.120. The number of hydrogen-bond acceptors (Lipinski definition) is 4. The van der Waals surface area contributed by atoms with Gasteiger partial charge in [0.1, 0.15) is 28.9 Å². The molecule has 3 aromatic rings. The number of carbonyl (C=O) groups excluding carboxylic acids is 2. The van der Waals surface area contributed by atoms with E-state index in [0.29, 0.717) is 29.4 Å². The molecule has 3 rings (SSSR count). The molecule has 7 heteroatoms. The summed E-state index contributed by atoms with van der Waals surface area (Å²) in [6, 6.07) is 12.5. The average Bonchev–Trinajstić information content (AvgIpc) is 3.26. The molecule has 1 aromatic heterocycles. The van der Waals surface area contributed by atoms with Gasteiger partial charge in [0.05, 0.1) is 14.2 Å². The molecule has 7 nitrogen and oxygen atoms in total. The van der Waals surface area contributed by atoms with E-state index in [1.54, 1.807) is 32.1 Å². The second kappa shape index (κ2) is 10.9. The lowest BCUT2D eigenvalue weighted by Crippen LogP contribution is -2.47. The Kier molecular flexibility index (Phi) is 7.98. The quantitative estimate of drug-likeness (QED) is 0.432. The van der Waals surface area contributed by atoms with Crippen LogP contribution in [-0.4, -0.2) is 43.6 Å². The second-order valence-corrected chi connectivity index (χ2v) is 8.18. The van der Waals surface area contributed by atoms with E-state index in [1.807, 2.05) is 43.3 Å². The molecule has 0 aliphatic carbocycles. The number of carbonyl (C=O) groups is 2. The number of methoxy groups -OCH3 is 2. The maximum atomic E-state index is 13.6. The fourth-order valence-electron chi connectivity index (χ4n) is 3.91. The van der Waals surface area contributed by atoms with Crippen molar-refractivity contribution in [3.8, 4) is 11.5 Å². The second-order valence-electron chi connectivity index (χ2n) is 8.18. The number of hydrogen-bond donors (Lipinski definition) is 2. The van der Waals surface area contributed by atoms with Crippen LogP contribution in [0.2, 0.25) is 0 Å². The Hall–Kier alpha value is -3.48. The zero-order valence-electron chi connectivity index (χ0n) is 20.0. The van der Waals surface area contributed by atoms with Gasteiger partial charge in [-0.1, -0.05) is 38.0 Å². The Morgan fingerprint density at radius 1 is 1.06 bits per heavy atom. The Labute approximate surface area is 195 Å². The van der Waals surface area contributed by atoms with Gasteiger partial charge in [-0.2, -0.15) is 0 Å². The smallest absolute Gasteiger partial charge is 0.268 e. The monoisotopic (exact) mass is 451 g/mol. The van der Waals surface area contributed by atoms with Crippen LogP contribution in [0.3, 0.4) is 0 Å². The molecule has 0 saturated heterocycles. The van der Waals surface area contributed by atoms with E-state index in [9.17, 15) is 9.59 Å². The molecule has 1 atom stereocenters. The number of benzene rings is 2. The maximum absolute atomic E-state index is 13.6. The predicted molar refractivity (Wildman–Crippen MR) is 131 cm³/mol. The number of H-pyrrole nitrogens is 1. The Morgan fingerprint density at radius 2 is 1.73 bits per heavy atom. The number of amides is 2. The van der Waals surface area contributed by atoms with Crippen molar-refractivity contribution >= 4 is 28.4 Å². The first kappa shape index (κ1) is 24.2. The fourth-order valence-corrected chi connectivity index (χ4v) is 3.91. The highest BCUT2D eigenvalue weighted by Gasteiger charge is 2.28. The lowest BCUT2D eigenvalue weighted by atomic mass is 10.1. The van der Waals surface area contributed by atoms with Crippen molar-refractivity contribution in [2.45, 2.75) is 46.1 Å². The first-order chi connectivity index (χ1) is 15.9. The van der Waals surface area contributed by atoms with Gasteiger partial charge in [0.15, 0.2) is 0 Å². The molecule has 33 heavy (non-hydrogen) atoms. The number of rotatable bonds is 10. The number of unbranched alkanes of at least 4 members (excludes halogenated alkanes) is 2. The van der Waals surface area contributed by atoms with Crippen LogP contribution in [0.5, 0.6) is 11.5 Å². The van der Waals surface area contributed by atoms with Gasteiger partial charge in [0, 0.05) is 17.4 Å². The Morgan fingerprint density at radius 3 is 2.33 bits per heavy atom. The number of aromatic amines is 1. The molecule has 0 aliphatic heterocycles. The van der Waals surface area contributed by atoms with Crippen LogP contribution in [0.4, 0.5) is 5.69 Å². The van der Waals surface area contributed by atoms with E-state index < -0.39 is 6.04 Å². The van der Waals surface area contributed by atoms with E-state index in [0.717, 1.165) is 35.7 Å². The summed E-state index contributed by atoms with van der Waals surface area (Å²) in [5.41, 5.74) is 2.84. The number of aromatic nitrogens is 1. The van der Waals surface area contributed by atoms with Gasteiger partial charge in [-0.15, -0.1) is 0 Å². The molecule has 0 unspecified atom stereocenters. The minimum absolute atomic E-state index is 0.226. The molecule has 1 heterocycles. The molecule has 2 aromatic carbocycles. The molecule has 0 saturated carbocycles. The average molecular weight is 452 g/mol. The SMILES string of the molecule is CCCCCN(C(=O)[C@@H](C)NC(=O)c1cc2ccccc2[nH]1)c1c(OC)cc(C)cc1OC. The molecule has 0 fully saturated rings. The van der Waals surface area contributed by atoms with Gasteiger partial charge in [0.25, 0.3) is 5.91 Å². The topological polar surface area (TPSA) is 83.7 Å². The van der Waals surface area contributed by atoms with Crippen LogP contribution >= 0.6 is 0 Å². The van der Waals surface area contributed by atoms with Crippen molar-refractivity contribution in [3.05, 3.63) is 53.7 Å². The van der Waals surface area contributed by atoms with Gasteiger partial charge >= 0.3 is 0 Å². The van der Waals surface area contributed by atoms with Crippen LogP contribution in [0.15, 0.2) is 42.5 Å². The minimum atomic E-state index is -0.749. The largest absolute Gasteiger partial charge is 0.494 e. The van der Waals surface area contributed by atoms with E-state index in [4.69, 9.17) is 9.47 Å². The van der Waals surface area contributed by atoms with Crippen molar-refractivity contribution in [2.24, 2.45) is 0 Å². The minimum Gasteiger partial charge on any atom is -0.494 e. The van der Waals surface area contributed by atoms with Crippen LogP contribution in [0.25, 0.3) is 10.9 Å². The summed E-state index contributed by atoms with van der Waals surface area (Å²) in [4.78, 5) is 31.2. The number of aryl methyl sites for hydroxylation is 1. The van der Waals surface area contributed by atoms with Gasteiger partial charge < -0.3 is 24.7 Å². The molecule has 176 valence electrons. The van der Waals surface area contributed by atoms with E-state index in [2.05, 4.69) is 17.2 Å². The molecular formula is C26H33N3O4.